The van der Waals surface area contributed by atoms with Crippen LogP contribution < -0.4 is 5.32 Å². The molecule has 0 fully saturated rings. The molecule has 19 heavy (non-hydrogen) atoms. The van der Waals surface area contributed by atoms with Crippen molar-refractivity contribution in [3.8, 4) is 5.82 Å². The lowest BCUT2D eigenvalue weighted by molar-refractivity contribution is 0.515. The Hall–Kier alpha value is -2.56. The first-order valence-corrected chi connectivity index (χ1v) is 6.04. The van der Waals surface area contributed by atoms with Crippen LogP contribution in [0.4, 0.5) is 5.69 Å². The molecule has 96 valence electrons. The molecule has 0 aliphatic heterocycles. The average molecular weight is 254 g/mol. The molecule has 5 nitrogen and oxygen atoms in total. The molecule has 0 radical (unpaired) electrons. The quantitative estimate of drug-likeness (QED) is 0.777. The first kappa shape index (κ1) is 11.5. The van der Waals surface area contributed by atoms with Crippen molar-refractivity contribution in [2.24, 2.45) is 0 Å². The highest BCUT2D eigenvalue weighted by Crippen LogP contribution is 2.13. The Balaban J connectivity index is 1.68. The lowest BCUT2D eigenvalue weighted by Gasteiger charge is -2.06. The van der Waals surface area contributed by atoms with Crippen molar-refractivity contribution >= 4 is 5.69 Å². The van der Waals surface area contributed by atoms with Crippen LogP contribution in [0.3, 0.4) is 0 Å². The Morgan fingerprint density at radius 1 is 1.32 bits per heavy atom. The molecule has 3 aromatic rings. The summed E-state index contributed by atoms with van der Waals surface area (Å²) in [6, 6.07) is 5.89. The van der Waals surface area contributed by atoms with Gasteiger partial charge in [0, 0.05) is 12.4 Å². The number of furan rings is 1. The molecule has 0 saturated carbocycles. The number of hydrogen-bond acceptors (Lipinski definition) is 4. The Bertz CT molecular complexity index is 640. The highest BCUT2D eigenvalue weighted by atomic mass is 16.3. The van der Waals surface area contributed by atoms with E-state index in [0.717, 1.165) is 22.8 Å². The van der Waals surface area contributed by atoms with Gasteiger partial charge in [0.15, 0.2) is 0 Å². The summed E-state index contributed by atoms with van der Waals surface area (Å²) in [6.45, 7) is 2.69. The number of hydrogen-bond donors (Lipinski definition) is 1. The van der Waals surface area contributed by atoms with Crippen LogP contribution in [0, 0.1) is 6.92 Å². The smallest absolute Gasteiger partial charge is 0.137 e. The summed E-state index contributed by atoms with van der Waals surface area (Å²) in [5, 5.41) is 3.28. The predicted molar refractivity (Wildman–Crippen MR) is 72.1 cm³/mol. The number of rotatable bonds is 4. The maximum atomic E-state index is 5.37. The van der Waals surface area contributed by atoms with Gasteiger partial charge in [0.25, 0.3) is 0 Å². The van der Waals surface area contributed by atoms with Gasteiger partial charge in [-0.2, -0.15) is 0 Å². The molecule has 0 spiro atoms. The number of nitrogens with one attached hydrogen (secondary N) is 1. The van der Waals surface area contributed by atoms with Crippen molar-refractivity contribution in [3.05, 3.63) is 60.7 Å². The third-order valence-electron chi connectivity index (χ3n) is 2.94. The summed E-state index contributed by atoms with van der Waals surface area (Å²) < 4.78 is 7.23. The van der Waals surface area contributed by atoms with Crippen LogP contribution >= 0.6 is 0 Å². The van der Waals surface area contributed by atoms with Crippen molar-refractivity contribution in [2.45, 2.75) is 13.5 Å². The second-order valence-corrected chi connectivity index (χ2v) is 4.26. The van der Waals surface area contributed by atoms with E-state index in [9.17, 15) is 0 Å². The van der Waals surface area contributed by atoms with Crippen molar-refractivity contribution in [3.63, 3.8) is 0 Å². The summed E-state index contributed by atoms with van der Waals surface area (Å²) in [5.41, 5.74) is 2.11. The van der Waals surface area contributed by atoms with Crippen LogP contribution in [0.25, 0.3) is 5.82 Å². The maximum Gasteiger partial charge on any atom is 0.137 e. The largest absolute Gasteiger partial charge is 0.467 e. The monoisotopic (exact) mass is 254 g/mol. The van der Waals surface area contributed by atoms with Gasteiger partial charge in [-0.05, 0) is 30.7 Å². The first-order valence-electron chi connectivity index (χ1n) is 6.04. The molecule has 3 aromatic heterocycles. The van der Waals surface area contributed by atoms with E-state index in [4.69, 9.17) is 4.42 Å². The van der Waals surface area contributed by atoms with Crippen LogP contribution in [-0.2, 0) is 6.54 Å². The Morgan fingerprint density at radius 3 is 2.89 bits per heavy atom. The molecule has 5 heteroatoms. The van der Waals surface area contributed by atoms with Crippen molar-refractivity contribution < 1.29 is 4.42 Å². The van der Waals surface area contributed by atoms with Gasteiger partial charge in [-0.3, -0.25) is 4.57 Å². The minimum absolute atomic E-state index is 0.658. The molecule has 3 rings (SSSR count). The third kappa shape index (κ3) is 2.49. The zero-order valence-corrected chi connectivity index (χ0v) is 10.6. The van der Waals surface area contributed by atoms with E-state index >= 15 is 0 Å². The van der Waals surface area contributed by atoms with E-state index in [2.05, 4.69) is 15.3 Å². The number of aromatic nitrogens is 3. The fourth-order valence-corrected chi connectivity index (χ4v) is 1.81. The fourth-order valence-electron chi connectivity index (χ4n) is 1.81. The van der Waals surface area contributed by atoms with Gasteiger partial charge in [0.1, 0.15) is 17.9 Å². The van der Waals surface area contributed by atoms with E-state index in [1.165, 1.54) is 0 Å². The van der Waals surface area contributed by atoms with Gasteiger partial charge < -0.3 is 9.73 Å². The zero-order valence-electron chi connectivity index (χ0n) is 10.6. The maximum absolute atomic E-state index is 5.37. The van der Waals surface area contributed by atoms with Crippen LogP contribution in [-0.4, -0.2) is 14.5 Å². The molecule has 0 aliphatic carbocycles. The number of pyridine rings is 1. The number of aryl methyl sites for hydroxylation is 1. The zero-order chi connectivity index (χ0) is 13.1. The predicted octanol–water partition coefficient (Wildman–Crippen LogP) is 2.78. The van der Waals surface area contributed by atoms with Crippen LogP contribution in [0.5, 0.6) is 0 Å². The second-order valence-electron chi connectivity index (χ2n) is 4.26. The summed E-state index contributed by atoms with van der Waals surface area (Å²) >= 11 is 0. The highest BCUT2D eigenvalue weighted by Gasteiger charge is 2.02. The van der Waals surface area contributed by atoms with Gasteiger partial charge in [0.05, 0.1) is 24.7 Å². The van der Waals surface area contributed by atoms with Gasteiger partial charge >= 0.3 is 0 Å². The number of imidazole rings is 1. The van der Waals surface area contributed by atoms with Crippen LogP contribution in [0.1, 0.15) is 11.3 Å². The number of nitrogens with zero attached hydrogens (tertiary/aromatic N) is 3. The Labute approximate surface area is 110 Å². The minimum atomic E-state index is 0.658. The summed E-state index contributed by atoms with van der Waals surface area (Å²) in [5.74, 6) is 1.79. The average Bonchev–Trinajstić information content (AvgIpc) is 3.09. The summed E-state index contributed by atoms with van der Waals surface area (Å²) in [6.07, 6.45) is 8.82. The molecule has 0 aliphatic rings. The molecule has 0 bridgehead atoms. The number of anilines is 1. The molecule has 1 N–H and O–H groups in total. The lowest BCUT2D eigenvalue weighted by atomic mass is 10.3. The molecule has 0 saturated heterocycles. The molecular formula is C14H14N4O. The molecular weight excluding hydrogens is 240 g/mol. The Morgan fingerprint density at radius 2 is 2.26 bits per heavy atom. The van der Waals surface area contributed by atoms with Gasteiger partial charge in [-0.1, -0.05) is 0 Å². The normalized spacial score (nSPS) is 10.6. The van der Waals surface area contributed by atoms with E-state index in [0.29, 0.717) is 6.54 Å². The van der Waals surface area contributed by atoms with Crippen molar-refractivity contribution in [2.75, 3.05) is 5.32 Å². The van der Waals surface area contributed by atoms with Crippen molar-refractivity contribution in [1.29, 1.82) is 0 Å². The Kier molecular flexibility index (Phi) is 3.02. The summed E-state index contributed by atoms with van der Waals surface area (Å²) in [7, 11) is 0. The topological polar surface area (TPSA) is 55.9 Å². The first-order chi connectivity index (χ1) is 9.33. The van der Waals surface area contributed by atoms with E-state index < -0.39 is 0 Å². The second kappa shape index (κ2) is 4.97. The van der Waals surface area contributed by atoms with E-state index in [1.807, 2.05) is 35.9 Å². The van der Waals surface area contributed by atoms with Crippen molar-refractivity contribution in [1.82, 2.24) is 14.5 Å². The SMILES string of the molecule is Cc1ccoc1CNc1ccc(-n2ccnc2)nc1. The highest BCUT2D eigenvalue weighted by molar-refractivity contribution is 5.44. The van der Waals surface area contributed by atoms with Gasteiger partial charge in [-0.25, -0.2) is 9.97 Å². The molecule has 0 aromatic carbocycles. The third-order valence-corrected chi connectivity index (χ3v) is 2.94. The fraction of sp³-hybridized carbons (Fsp3) is 0.143. The molecule has 3 heterocycles. The molecule has 0 unspecified atom stereocenters. The van der Waals surface area contributed by atoms with Crippen LogP contribution in [0.2, 0.25) is 0 Å². The van der Waals surface area contributed by atoms with E-state index in [-0.39, 0.29) is 0 Å². The molecule has 0 amide bonds. The minimum Gasteiger partial charge on any atom is -0.467 e. The van der Waals surface area contributed by atoms with Gasteiger partial charge in [-0.15, -0.1) is 0 Å². The molecule has 0 atom stereocenters. The summed E-state index contributed by atoms with van der Waals surface area (Å²) in [4.78, 5) is 8.37. The lowest BCUT2D eigenvalue weighted by Crippen LogP contribution is -2.01. The standard InChI is InChI=1S/C14H14N4O/c1-11-4-7-19-13(11)9-16-12-2-3-14(17-8-12)18-6-5-15-10-18/h2-8,10,16H,9H2,1H3. The van der Waals surface area contributed by atoms with Gasteiger partial charge in [0.2, 0.25) is 0 Å². The van der Waals surface area contributed by atoms with Crippen LogP contribution in [0.15, 0.2) is 53.8 Å². The van der Waals surface area contributed by atoms with E-state index in [1.54, 1.807) is 25.0 Å².